The number of hydrogen-bond donors (Lipinski definition) is 1. The first-order valence-corrected chi connectivity index (χ1v) is 7.53. The predicted molar refractivity (Wildman–Crippen MR) is 82.4 cm³/mol. The Hall–Kier alpha value is -0.870. The molecule has 0 spiro atoms. The Balaban J connectivity index is 2.07. The highest BCUT2D eigenvalue weighted by atomic mass is 35.5. The van der Waals surface area contributed by atoms with E-state index in [1.54, 1.807) is 6.07 Å². The maximum atomic E-state index is 6.10. The lowest BCUT2D eigenvalue weighted by molar-refractivity contribution is 0.0299. The van der Waals surface area contributed by atoms with Gasteiger partial charge in [-0.3, -0.25) is 0 Å². The van der Waals surface area contributed by atoms with Crippen molar-refractivity contribution in [3.8, 4) is 0 Å². The summed E-state index contributed by atoms with van der Waals surface area (Å²) in [6, 6.07) is 1.79. The minimum absolute atomic E-state index is 0.107. The summed E-state index contributed by atoms with van der Waals surface area (Å²) in [4.78, 5) is 8.89. The maximum Gasteiger partial charge on any atom is 0.137 e. The molecule has 0 saturated carbocycles. The van der Waals surface area contributed by atoms with Gasteiger partial charge in [-0.15, -0.1) is 0 Å². The molecule has 0 amide bonds. The summed E-state index contributed by atoms with van der Waals surface area (Å²) in [5, 5.41) is 3.91. The van der Waals surface area contributed by atoms with Crippen molar-refractivity contribution in [3.63, 3.8) is 0 Å². The van der Waals surface area contributed by atoms with Crippen molar-refractivity contribution in [2.24, 2.45) is 5.41 Å². The van der Waals surface area contributed by atoms with Crippen LogP contribution in [0.3, 0.4) is 0 Å². The van der Waals surface area contributed by atoms with Crippen LogP contribution in [0.4, 0.5) is 5.82 Å². The number of nitrogens with zero attached hydrogens (tertiary/aromatic N) is 2. The van der Waals surface area contributed by atoms with Crippen molar-refractivity contribution >= 4 is 17.4 Å². The van der Waals surface area contributed by atoms with Gasteiger partial charge in [0.2, 0.25) is 0 Å². The second-order valence-electron chi connectivity index (χ2n) is 6.93. The number of hydrogen-bond acceptors (Lipinski definition) is 4. The van der Waals surface area contributed by atoms with Gasteiger partial charge in [0.1, 0.15) is 16.8 Å². The van der Waals surface area contributed by atoms with E-state index in [0.29, 0.717) is 5.15 Å². The zero-order valence-electron chi connectivity index (χ0n) is 12.8. The normalized spacial score (nSPS) is 18.9. The number of anilines is 1. The van der Waals surface area contributed by atoms with Crippen molar-refractivity contribution < 1.29 is 4.74 Å². The van der Waals surface area contributed by atoms with Crippen LogP contribution in [0.2, 0.25) is 5.15 Å². The van der Waals surface area contributed by atoms with Gasteiger partial charge in [0, 0.05) is 31.2 Å². The van der Waals surface area contributed by atoms with Crippen LogP contribution in [0.15, 0.2) is 6.07 Å². The molecular formula is C15H24ClN3O. The van der Waals surface area contributed by atoms with Crippen molar-refractivity contribution in [2.75, 3.05) is 25.1 Å². The third-order valence-corrected chi connectivity index (χ3v) is 3.96. The molecular weight excluding hydrogens is 274 g/mol. The minimum atomic E-state index is -0.107. The molecule has 1 aromatic heterocycles. The summed E-state index contributed by atoms with van der Waals surface area (Å²) in [6.45, 7) is 11.1. The number of rotatable bonds is 3. The van der Waals surface area contributed by atoms with Gasteiger partial charge >= 0.3 is 0 Å². The van der Waals surface area contributed by atoms with E-state index < -0.39 is 0 Å². The van der Waals surface area contributed by atoms with E-state index in [4.69, 9.17) is 16.3 Å². The number of aromatic nitrogens is 2. The first kappa shape index (κ1) is 15.5. The Morgan fingerprint density at radius 1 is 1.30 bits per heavy atom. The molecule has 2 rings (SSSR count). The average Bonchev–Trinajstić information content (AvgIpc) is 2.36. The Morgan fingerprint density at radius 3 is 2.55 bits per heavy atom. The number of ether oxygens (including phenoxy) is 1. The zero-order valence-corrected chi connectivity index (χ0v) is 13.5. The summed E-state index contributed by atoms with van der Waals surface area (Å²) < 4.78 is 5.43. The molecule has 1 saturated heterocycles. The second-order valence-corrected chi connectivity index (χ2v) is 7.31. The highest BCUT2D eigenvalue weighted by Gasteiger charge is 2.27. The minimum Gasteiger partial charge on any atom is -0.381 e. The summed E-state index contributed by atoms with van der Waals surface area (Å²) >= 11 is 6.10. The van der Waals surface area contributed by atoms with Crippen LogP contribution in [0.1, 0.15) is 46.4 Å². The molecule has 5 heteroatoms. The predicted octanol–water partition coefficient (Wildman–Crippen LogP) is 3.66. The molecule has 0 aromatic carbocycles. The van der Waals surface area contributed by atoms with Crippen LogP contribution in [-0.4, -0.2) is 29.7 Å². The van der Waals surface area contributed by atoms with Gasteiger partial charge in [0.05, 0.1) is 0 Å². The lowest BCUT2D eigenvalue weighted by Crippen LogP contribution is -2.33. The maximum absolute atomic E-state index is 6.10. The quantitative estimate of drug-likeness (QED) is 0.865. The second kappa shape index (κ2) is 5.86. The summed E-state index contributed by atoms with van der Waals surface area (Å²) in [7, 11) is 0. The van der Waals surface area contributed by atoms with Gasteiger partial charge in [-0.25, -0.2) is 9.97 Å². The highest BCUT2D eigenvalue weighted by molar-refractivity contribution is 6.29. The van der Waals surface area contributed by atoms with Gasteiger partial charge < -0.3 is 10.1 Å². The van der Waals surface area contributed by atoms with Crippen molar-refractivity contribution in [1.29, 1.82) is 0 Å². The van der Waals surface area contributed by atoms with Crippen LogP contribution in [0.25, 0.3) is 0 Å². The Kier molecular flexibility index (Phi) is 4.55. The van der Waals surface area contributed by atoms with Gasteiger partial charge in [-0.2, -0.15) is 0 Å². The summed E-state index contributed by atoms with van der Waals surface area (Å²) in [6.07, 6.45) is 2.15. The molecule has 0 aliphatic carbocycles. The fraction of sp³-hybridized carbons (Fsp3) is 0.733. The molecule has 20 heavy (non-hydrogen) atoms. The smallest absolute Gasteiger partial charge is 0.137 e. The monoisotopic (exact) mass is 297 g/mol. The van der Waals surface area contributed by atoms with Gasteiger partial charge in [0.15, 0.2) is 0 Å². The summed E-state index contributed by atoms with van der Waals surface area (Å²) in [5.41, 5.74) is 0.154. The molecule has 0 bridgehead atoms. The number of halogens is 1. The molecule has 2 heterocycles. The van der Waals surface area contributed by atoms with E-state index in [2.05, 4.69) is 43.0 Å². The Morgan fingerprint density at radius 2 is 1.95 bits per heavy atom. The van der Waals surface area contributed by atoms with E-state index in [1.807, 2.05) is 0 Å². The molecule has 0 atom stereocenters. The molecule has 0 unspecified atom stereocenters. The third-order valence-electron chi connectivity index (χ3n) is 3.76. The molecule has 0 radical (unpaired) electrons. The number of nitrogens with one attached hydrogen (secondary N) is 1. The highest BCUT2D eigenvalue weighted by Crippen LogP contribution is 2.30. The molecule has 112 valence electrons. The first-order valence-electron chi connectivity index (χ1n) is 7.15. The average molecular weight is 298 g/mol. The fourth-order valence-corrected chi connectivity index (χ4v) is 2.37. The van der Waals surface area contributed by atoms with Crippen molar-refractivity contribution in [3.05, 3.63) is 17.0 Å². The van der Waals surface area contributed by atoms with E-state index >= 15 is 0 Å². The molecule has 1 N–H and O–H groups in total. The van der Waals surface area contributed by atoms with E-state index in [1.165, 1.54) is 0 Å². The lowest BCUT2D eigenvalue weighted by atomic mass is 9.82. The molecule has 1 aliphatic heterocycles. The molecule has 1 fully saturated rings. The van der Waals surface area contributed by atoms with E-state index in [-0.39, 0.29) is 10.8 Å². The molecule has 1 aliphatic rings. The topological polar surface area (TPSA) is 47.0 Å². The van der Waals surface area contributed by atoms with E-state index in [0.717, 1.165) is 44.2 Å². The van der Waals surface area contributed by atoms with Crippen LogP contribution in [0.5, 0.6) is 0 Å². The van der Waals surface area contributed by atoms with Crippen molar-refractivity contribution in [1.82, 2.24) is 9.97 Å². The Labute approximate surface area is 126 Å². The van der Waals surface area contributed by atoms with Crippen LogP contribution < -0.4 is 5.32 Å². The Bertz CT molecular complexity index is 465. The lowest BCUT2D eigenvalue weighted by Gasteiger charge is -2.33. The van der Waals surface area contributed by atoms with Gasteiger partial charge in [-0.05, 0) is 18.3 Å². The largest absolute Gasteiger partial charge is 0.381 e. The van der Waals surface area contributed by atoms with E-state index in [9.17, 15) is 0 Å². The molecule has 4 nitrogen and oxygen atoms in total. The van der Waals surface area contributed by atoms with Crippen LogP contribution >= 0.6 is 11.6 Å². The summed E-state index contributed by atoms with van der Waals surface area (Å²) in [5.74, 6) is 1.58. The first-order chi connectivity index (χ1) is 9.28. The van der Waals surface area contributed by atoms with Gasteiger partial charge in [0.25, 0.3) is 0 Å². The third kappa shape index (κ3) is 4.06. The SMILES string of the molecule is CC1(CNc2cc(Cl)nc(C(C)(C)C)n2)CCOCC1. The molecule has 1 aromatic rings. The van der Waals surface area contributed by atoms with Crippen LogP contribution in [-0.2, 0) is 10.2 Å². The van der Waals surface area contributed by atoms with Crippen LogP contribution in [0, 0.1) is 5.41 Å². The standard InChI is InChI=1S/C15H24ClN3O/c1-14(2,3)13-18-11(16)9-12(19-13)17-10-15(4)5-7-20-8-6-15/h9H,5-8,10H2,1-4H3,(H,17,18,19). The van der Waals surface area contributed by atoms with Crippen molar-refractivity contribution in [2.45, 2.75) is 46.0 Å². The zero-order chi connectivity index (χ0) is 14.8. The van der Waals surface area contributed by atoms with Gasteiger partial charge in [-0.1, -0.05) is 39.3 Å². The fourth-order valence-electron chi connectivity index (χ4n) is 2.19.